The van der Waals surface area contributed by atoms with Crippen molar-refractivity contribution >= 4 is 17.4 Å². The summed E-state index contributed by atoms with van der Waals surface area (Å²) in [6.45, 7) is 3.58. The molecule has 0 aromatic heterocycles. The molecule has 4 nitrogen and oxygen atoms in total. The van der Waals surface area contributed by atoms with Gasteiger partial charge in [0, 0.05) is 26.0 Å². The number of hydrogen-bond acceptors (Lipinski definition) is 4. The van der Waals surface area contributed by atoms with Gasteiger partial charge in [-0.2, -0.15) is 0 Å². The molecule has 0 heterocycles. The Morgan fingerprint density at radius 2 is 2.00 bits per heavy atom. The number of Topliss-reactive ketones (excluding diaryl/α,β-unsaturated/α-hetero) is 1. The summed E-state index contributed by atoms with van der Waals surface area (Å²) in [5.74, 6) is -0.170. The first-order chi connectivity index (χ1) is 10.5. The van der Waals surface area contributed by atoms with E-state index in [2.05, 4.69) is 13.0 Å². The summed E-state index contributed by atoms with van der Waals surface area (Å²) in [4.78, 5) is 28.3. The van der Waals surface area contributed by atoms with Crippen molar-refractivity contribution in [2.24, 2.45) is 0 Å². The minimum Gasteiger partial charge on any atom is -0.341 e. The predicted octanol–water partition coefficient (Wildman–Crippen LogP) is 3.85. The minimum atomic E-state index is -0.355. The molecule has 0 saturated heterocycles. The number of unbranched alkanes of at least 4 members (excludes halogenated alkanes) is 3. The van der Waals surface area contributed by atoms with Gasteiger partial charge >= 0.3 is 5.97 Å². The second kappa shape index (κ2) is 7.43. The van der Waals surface area contributed by atoms with E-state index < -0.39 is 0 Å². The Balaban J connectivity index is 2.24. The van der Waals surface area contributed by atoms with Crippen molar-refractivity contribution in [1.82, 2.24) is 0 Å². The fourth-order valence-electron chi connectivity index (χ4n) is 3.01. The fraction of sp³-hybridized carbons (Fsp3) is 0.556. The van der Waals surface area contributed by atoms with E-state index in [-0.39, 0.29) is 11.8 Å². The molecular formula is C18H25NO3. The topological polar surface area (TPSA) is 46.6 Å². The third-order valence-electron chi connectivity index (χ3n) is 4.13. The van der Waals surface area contributed by atoms with Crippen LogP contribution in [0.5, 0.6) is 0 Å². The fourth-order valence-corrected chi connectivity index (χ4v) is 3.01. The monoisotopic (exact) mass is 303 g/mol. The number of fused-ring (bicyclic) bond motifs is 1. The SMILES string of the molecule is CCCCCCc1cc2c(cc1N(C)OC(C)=O)C(=O)CC2. The van der Waals surface area contributed by atoms with Crippen LogP contribution < -0.4 is 5.06 Å². The molecule has 120 valence electrons. The number of hydroxylamine groups is 1. The van der Waals surface area contributed by atoms with Crippen molar-refractivity contribution in [2.45, 2.75) is 58.8 Å². The average Bonchev–Trinajstić information content (AvgIpc) is 2.83. The maximum absolute atomic E-state index is 11.9. The van der Waals surface area contributed by atoms with Crippen LogP contribution in [0, 0.1) is 0 Å². The molecule has 0 spiro atoms. The third-order valence-corrected chi connectivity index (χ3v) is 4.13. The normalized spacial score (nSPS) is 13.1. The minimum absolute atomic E-state index is 0.185. The molecule has 1 aliphatic carbocycles. The van der Waals surface area contributed by atoms with Crippen LogP contribution >= 0.6 is 0 Å². The number of nitrogens with zero attached hydrogens (tertiary/aromatic N) is 1. The van der Waals surface area contributed by atoms with Gasteiger partial charge in [0.25, 0.3) is 0 Å². The molecular weight excluding hydrogens is 278 g/mol. The van der Waals surface area contributed by atoms with Crippen molar-refractivity contribution in [3.8, 4) is 0 Å². The zero-order chi connectivity index (χ0) is 16.1. The van der Waals surface area contributed by atoms with Gasteiger partial charge in [0.2, 0.25) is 0 Å². The average molecular weight is 303 g/mol. The first kappa shape index (κ1) is 16.5. The van der Waals surface area contributed by atoms with E-state index in [9.17, 15) is 9.59 Å². The Hall–Kier alpha value is -1.84. The van der Waals surface area contributed by atoms with Crippen LogP contribution in [0.1, 0.15) is 67.4 Å². The Morgan fingerprint density at radius 1 is 1.23 bits per heavy atom. The molecule has 0 bridgehead atoms. The molecule has 1 aromatic carbocycles. The van der Waals surface area contributed by atoms with E-state index in [1.54, 1.807) is 7.05 Å². The Kier molecular flexibility index (Phi) is 5.58. The molecule has 0 saturated carbocycles. The van der Waals surface area contributed by atoms with Gasteiger partial charge in [-0.15, -0.1) is 0 Å². The predicted molar refractivity (Wildman–Crippen MR) is 87.1 cm³/mol. The second-order valence-corrected chi connectivity index (χ2v) is 5.95. The summed E-state index contributed by atoms with van der Waals surface area (Å²) in [5, 5.41) is 1.49. The standard InChI is InChI=1S/C18H25NO3/c1-4-5-6-7-8-15-11-14-9-10-18(21)16(14)12-17(15)19(3)22-13(2)20/h11-12H,4-10H2,1-3H3. The number of carbonyl (C=O) groups excluding carboxylic acids is 2. The Bertz CT molecular complexity index is 566. The molecule has 4 heteroatoms. The number of hydrogen-bond donors (Lipinski definition) is 0. The van der Waals surface area contributed by atoms with Gasteiger partial charge in [-0.1, -0.05) is 32.3 Å². The third kappa shape index (κ3) is 3.87. The van der Waals surface area contributed by atoms with Crippen molar-refractivity contribution in [3.05, 3.63) is 28.8 Å². The maximum atomic E-state index is 11.9. The first-order valence-corrected chi connectivity index (χ1v) is 8.14. The lowest BCUT2D eigenvalue weighted by molar-refractivity contribution is -0.141. The van der Waals surface area contributed by atoms with Gasteiger partial charge in [0.15, 0.2) is 5.78 Å². The van der Waals surface area contributed by atoms with E-state index in [0.29, 0.717) is 6.42 Å². The summed E-state index contributed by atoms with van der Waals surface area (Å²) >= 11 is 0. The summed E-state index contributed by atoms with van der Waals surface area (Å²) < 4.78 is 0. The lowest BCUT2D eigenvalue weighted by Crippen LogP contribution is -2.22. The first-order valence-electron chi connectivity index (χ1n) is 8.14. The Morgan fingerprint density at radius 3 is 2.68 bits per heavy atom. The van der Waals surface area contributed by atoms with Crippen LogP contribution in [-0.2, 0) is 22.5 Å². The van der Waals surface area contributed by atoms with E-state index in [0.717, 1.165) is 41.6 Å². The van der Waals surface area contributed by atoms with Crippen molar-refractivity contribution in [1.29, 1.82) is 0 Å². The number of ketones is 1. The lowest BCUT2D eigenvalue weighted by atomic mass is 9.99. The number of rotatable bonds is 7. The van der Waals surface area contributed by atoms with E-state index in [1.165, 1.54) is 31.2 Å². The molecule has 0 amide bonds. The summed E-state index contributed by atoms with van der Waals surface area (Å²) in [6, 6.07) is 4.02. The van der Waals surface area contributed by atoms with Crippen molar-refractivity contribution in [3.63, 3.8) is 0 Å². The molecule has 0 radical (unpaired) electrons. The molecule has 1 aliphatic rings. The van der Waals surface area contributed by atoms with Crippen molar-refractivity contribution < 1.29 is 14.4 Å². The largest absolute Gasteiger partial charge is 0.341 e. The number of carbonyl (C=O) groups is 2. The van der Waals surface area contributed by atoms with Crippen LogP contribution in [0.3, 0.4) is 0 Å². The lowest BCUT2D eigenvalue weighted by Gasteiger charge is -2.21. The molecule has 2 rings (SSSR count). The molecule has 0 unspecified atom stereocenters. The molecule has 0 N–H and O–H groups in total. The molecule has 0 atom stereocenters. The summed E-state index contributed by atoms with van der Waals surface area (Å²) in [7, 11) is 1.72. The van der Waals surface area contributed by atoms with Gasteiger partial charge in [-0.05, 0) is 36.5 Å². The van der Waals surface area contributed by atoms with E-state index in [4.69, 9.17) is 4.84 Å². The van der Waals surface area contributed by atoms with Crippen LogP contribution in [-0.4, -0.2) is 18.8 Å². The van der Waals surface area contributed by atoms with E-state index in [1.807, 2.05) is 6.07 Å². The highest BCUT2D eigenvalue weighted by Gasteiger charge is 2.23. The quantitative estimate of drug-likeness (QED) is 0.567. The number of benzene rings is 1. The van der Waals surface area contributed by atoms with Crippen LogP contribution in [0.2, 0.25) is 0 Å². The molecule has 0 aliphatic heterocycles. The van der Waals surface area contributed by atoms with Crippen molar-refractivity contribution in [2.75, 3.05) is 12.1 Å². The number of aryl methyl sites for hydroxylation is 2. The van der Waals surface area contributed by atoms with Crippen LogP contribution in [0.4, 0.5) is 5.69 Å². The summed E-state index contributed by atoms with van der Waals surface area (Å²) in [5.41, 5.74) is 3.91. The zero-order valence-corrected chi connectivity index (χ0v) is 13.8. The highest BCUT2D eigenvalue weighted by Crippen LogP contribution is 2.31. The molecule has 1 aromatic rings. The number of anilines is 1. The van der Waals surface area contributed by atoms with Gasteiger partial charge in [0.1, 0.15) is 0 Å². The molecule has 22 heavy (non-hydrogen) atoms. The van der Waals surface area contributed by atoms with Gasteiger partial charge in [0.05, 0.1) is 5.69 Å². The maximum Gasteiger partial charge on any atom is 0.329 e. The van der Waals surface area contributed by atoms with Crippen LogP contribution in [0.15, 0.2) is 12.1 Å². The smallest absolute Gasteiger partial charge is 0.329 e. The highest BCUT2D eigenvalue weighted by atomic mass is 16.7. The van der Waals surface area contributed by atoms with E-state index >= 15 is 0 Å². The van der Waals surface area contributed by atoms with Crippen LogP contribution in [0.25, 0.3) is 0 Å². The Labute approximate surface area is 132 Å². The molecule has 0 fully saturated rings. The highest BCUT2D eigenvalue weighted by molar-refractivity contribution is 6.01. The zero-order valence-electron chi connectivity index (χ0n) is 13.8. The van der Waals surface area contributed by atoms with Gasteiger partial charge in [-0.3, -0.25) is 9.59 Å². The van der Waals surface area contributed by atoms with Gasteiger partial charge in [-0.25, -0.2) is 5.06 Å². The van der Waals surface area contributed by atoms with Gasteiger partial charge < -0.3 is 4.84 Å². The second-order valence-electron chi connectivity index (χ2n) is 5.95. The summed E-state index contributed by atoms with van der Waals surface area (Å²) in [6.07, 6.45) is 7.11.